The Morgan fingerprint density at radius 3 is 2.94 bits per heavy atom. The molecule has 0 aliphatic heterocycles. The Kier molecular flexibility index (Phi) is 3.44. The lowest BCUT2D eigenvalue weighted by molar-refractivity contribution is 0.225. The Hall–Kier alpha value is -1.52. The molecule has 0 spiro atoms. The van der Waals surface area contributed by atoms with Crippen molar-refractivity contribution in [2.45, 2.75) is 12.6 Å². The van der Waals surface area contributed by atoms with E-state index in [-0.39, 0.29) is 12.6 Å². The number of aromatic nitrogens is 1. The fraction of sp³-hybridized carbons (Fsp3) is 0.333. The Morgan fingerprint density at radius 2 is 2.38 bits per heavy atom. The SMILES string of the molecule is Cn1ccc(CNC(CO)c2ccco2)c1. The molecule has 0 fully saturated rings. The lowest BCUT2D eigenvalue weighted by Crippen LogP contribution is -2.23. The first-order valence-electron chi connectivity index (χ1n) is 5.28. The van der Waals surface area contributed by atoms with Gasteiger partial charge >= 0.3 is 0 Å². The lowest BCUT2D eigenvalue weighted by atomic mass is 10.2. The molecule has 4 nitrogen and oxygen atoms in total. The molecule has 2 rings (SSSR count). The molecule has 0 aliphatic rings. The van der Waals surface area contributed by atoms with Crippen LogP contribution >= 0.6 is 0 Å². The first-order valence-corrected chi connectivity index (χ1v) is 5.28. The zero-order valence-electron chi connectivity index (χ0n) is 9.26. The quantitative estimate of drug-likeness (QED) is 0.801. The van der Waals surface area contributed by atoms with Crippen LogP contribution in [0.15, 0.2) is 41.3 Å². The van der Waals surface area contributed by atoms with Crippen molar-refractivity contribution in [3.63, 3.8) is 0 Å². The molecule has 0 amide bonds. The summed E-state index contributed by atoms with van der Waals surface area (Å²) >= 11 is 0. The molecule has 0 saturated heterocycles. The van der Waals surface area contributed by atoms with Crippen LogP contribution in [0.3, 0.4) is 0 Å². The van der Waals surface area contributed by atoms with Crippen molar-refractivity contribution in [3.05, 3.63) is 48.2 Å². The van der Waals surface area contributed by atoms with Crippen molar-refractivity contribution in [1.29, 1.82) is 0 Å². The number of aliphatic hydroxyl groups is 1. The minimum Gasteiger partial charge on any atom is -0.468 e. The van der Waals surface area contributed by atoms with Crippen LogP contribution in [0, 0.1) is 0 Å². The van der Waals surface area contributed by atoms with Crippen molar-refractivity contribution < 1.29 is 9.52 Å². The first-order chi connectivity index (χ1) is 7.79. The molecule has 0 aromatic carbocycles. The van der Waals surface area contributed by atoms with Gasteiger partial charge in [0.2, 0.25) is 0 Å². The van der Waals surface area contributed by atoms with E-state index in [9.17, 15) is 5.11 Å². The highest BCUT2D eigenvalue weighted by atomic mass is 16.3. The van der Waals surface area contributed by atoms with Crippen molar-refractivity contribution in [2.75, 3.05) is 6.61 Å². The maximum absolute atomic E-state index is 9.25. The van der Waals surface area contributed by atoms with Crippen molar-refractivity contribution in [2.24, 2.45) is 7.05 Å². The minimum absolute atomic E-state index is 0.0281. The van der Waals surface area contributed by atoms with Crippen molar-refractivity contribution in [1.82, 2.24) is 9.88 Å². The van der Waals surface area contributed by atoms with E-state index in [1.807, 2.05) is 42.2 Å². The second-order valence-electron chi connectivity index (χ2n) is 3.82. The number of rotatable bonds is 5. The van der Waals surface area contributed by atoms with Gasteiger partial charge in [0, 0.05) is 26.0 Å². The van der Waals surface area contributed by atoms with Gasteiger partial charge in [-0.15, -0.1) is 0 Å². The summed E-state index contributed by atoms with van der Waals surface area (Å²) in [6.45, 7) is 0.743. The molecule has 2 aromatic heterocycles. The molecular formula is C12H16N2O2. The van der Waals surface area contributed by atoms with Gasteiger partial charge in [0.1, 0.15) is 5.76 Å². The van der Waals surface area contributed by atoms with Gasteiger partial charge in [-0.3, -0.25) is 0 Å². The second kappa shape index (κ2) is 5.01. The minimum atomic E-state index is -0.143. The van der Waals surface area contributed by atoms with Crippen molar-refractivity contribution >= 4 is 0 Å². The molecule has 1 atom stereocenters. The predicted octanol–water partition coefficient (Wildman–Crippen LogP) is 1.44. The van der Waals surface area contributed by atoms with Gasteiger partial charge < -0.3 is 19.4 Å². The van der Waals surface area contributed by atoms with Crippen LogP contribution in [0.5, 0.6) is 0 Å². The third kappa shape index (κ3) is 2.53. The maximum atomic E-state index is 9.25. The number of furan rings is 1. The monoisotopic (exact) mass is 220 g/mol. The molecule has 86 valence electrons. The summed E-state index contributed by atoms with van der Waals surface area (Å²) in [6.07, 6.45) is 5.66. The van der Waals surface area contributed by atoms with Gasteiger partial charge in [0.25, 0.3) is 0 Å². The number of hydrogen-bond donors (Lipinski definition) is 2. The summed E-state index contributed by atoms with van der Waals surface area (Å²) in [5.41, 5.74) is 1.19. The largest absolute Gasteiger partial charge is 0.468 e. The van der Waals surface area contributed by atoms with E-state index in [0.717, 1.165) is 5.76 Å². The third-order valence-corrected chi connectivity index (χ3v) is 2.51. The summed E-state index contributed by atoms with van der Waals surface area (Å²) in [5, 5.41) is 12.5. The molecule has 0 saturated carbocycles. The summed E-state index contributed by atoms with van der Waals surface area (Å²) in [7, 11) is 1.99. The van der Waals surface area contributed by atoms with E-state index in [1.165, 1.54) is 5.56 Å². The smallest absolute Gasteiger partial charge is 0.123 e. The molecule has 2 heterocycles. The topological polar surface area (TPSA) is 50.3 Å². The number of aryl methyl sites for hydroxylation is 1. The Bertz CT molecular complexity index is 420. The van der Waals surface area contributed by atoms with Gasteiger partial charge in [-0.25, -0.2) is 0 Å². The van der Waals surface area contributed by atoms with E-state index in [1.54, 1.807) is 6.26 Å². The summed E-state index contributed by atoms with van der Waals surface area (Å²) in [5.74, 6) is 0.762. The summed E-state index contributed by atoms with van der Waals surface area (Å²) in [4.78, 5) is 0. The molecule has 4 heteroatoms. The average molecular weight is 220 g/mol. The molecule has 0 bridgehead atoms. The summed E-state index contributed by atoms with van der Waals surface area (Å²) in [6, 6.07) is 5.58. The van der Waals surface area contributed by atoms with Crippen LogP contribution in [0.2, 0.25) is 0 Å². The Labute approximate surface area is 94.5 Å². The van der Waals surface area contributed by atoms with Crippen LogP contribution in [0.1, 0.15) is 17.4 Å². The molecule has 2 aromatic rings. The van der Waals surface area contributed by atoms with Crippen LogP contribution in [-0.4, -0.2) is 16.3 Å². The predicted molar refractivity (Wildman–Crippen MR) is 60.8 cm³/mol. The normalized spacial score (nSPS) is 12.9. The highest BCUT2D eigenvalue weighted by Gasteiger charge is 2.12. The van der Waals surface area contributed by atoms with E-state index in [4.69, 9.17) is 4.42 Å². The molecule has 0 radical (unpaired) electrons. The fourth-order valence-electron chi connectivity index (χ4n) is 1.65. The van der Waals surface area contributed by atoms with E-state index >= 15 is 0 Å². The number of nitrogens with zero attached hydrogens (tertiary/aromatic N) is 1. The zero-order valence-corrected chi connectivity index (χ0v) is 9.26. The van der Waals surface area contributed by atoms with Gasteiger partial charge in [-0.2, -0.15) is 0 Å². The van der Waals surface area contributed by atoms with Crippen LogP contribution in [0.25, 0.3) is 0 Å². The van der Waals surface area contributed by atoms with E-state index in [2.05, 4.69) is 5.32 Å². The van der Waals surface area contributed by atoms with E-state index < -0.39 is 0 Å². The second-order valence-corrected chi connectivity index (χ2v) is 3.82. The van der Waals surface area contributed by atoms with Crippen LogP contribution in [-0.2, 0) is 13.6 Å². The Balaban J connectivity index is 1.93. The number of aliphatic hydroxyl groups excluding tert-OH is 1. The van der Waals surface area contributed by atoms with Gasteiger partial charge in [-0.05, 0) is 23.8 Å². The maximum Gasteiger partial charge on any atom is 0.123 e. The fourth-order valence-corrected chi connectivity index (χ4v) is 1.65. The van der Waals surface area contributed by atoms with Gasteiger partial charge in [0.05, 0.1) is 18.9 Å². The van der Waals surface area contributed by atoms with E-state index in [0.29, 0.717) is 6.54 Å². The average Bonchev–Trinajstić information content (AvgIpc) is 2.91. The van der Waals surface area contributed by atoms with Crippen LogP contribution in [0.4, 0.5) is 0 Å². The molecule has 2 N–H and O–H groups in total. The highest BCUT2D eigenvalue weighted by Crippen LogP contribution is 2.13. The zero-order chi connectivity index (χ0) is 11.4. The molecule has 0 aliphatic carbocycles. The molecule has 1 unspecified atom stereocenters. The standard InChI is InChI=1S/C12H16N2O2/c1-14-5-4-10(8-14)7-13-11(9-15)12-3-2-6-16-12/h2-6,8,11,13,15H,7,9H2,1H3. The van der Waals surface area contributed by atoms with Crippen LogP contribution < -0.4 is 5.32 Å². The number of nitrogens with one attached hydrogen (secondary N) is 1. The highest BCUT2D eigenvalue weighted by molar-refractivity contribution is 5.11. The lowest BCUT2D eigenvalue weighted by Gasteiger charge is -2.12. The van der Waals surface area contributed by atoms with Crippen molar-refractivity contribution in [3.8, 4) is 0 Å². The Morgan fingerprint density at radius 1 is 1.50 bits per heavy atom. The van der Waals surface area contributed by atoms with Gasteiger partial charge in [0.15, 0.2) is 0 Å². The first kappa shape index (κ1) is 11.0. The van der Waals surface area contributed by atoms with Gasteiger partial charge in [-0.1, -0.05) is 0 Å². The summed E-state index contributed by atoms with van der Waals surface area (Å²) < 4.78 is 7.25. The molecular weight excluding hydrogens is 204 g/mol. The molecule has 16 heavy (non-hydrogen) atoms. The third-order valence-electron chi connectivity index (χ3n) is 2.51. The number of hydrogen-bond acceptors (Lipinski definition) is 3.